The lowest BCUT2D eigenvalue weighted by molar-refractivity contribution is -0.133. The first kappa shape index (κ1) is 15.3. The van der Waals surface area contributed by atoms with Gasteiger partial charge in [0.15, 0.2) is 9.84 Å². The number of amides is 1. The van der Waals surface area contributed by atoms with Crippen molar-refractivity contribution < 1.29 is 13.2 Å². The predicted octanol–water partition coefficient (Wildman–Crippen LogP) is 0.633. The van der Waals surface area contributed by atoms with Gasteiger partial charge in [0, 0.05) is 24.3 Å². The number of nitrogens with two attached hydrogens (primary N) is 1. The molecule has 1 amide bonds. The normalized spacial score (nSPS) is 21.5. The van der Waals surface area contributed by atoms with E-state index in [1.54, 1.807) is 23.9 Å². The maximum atomic E-state index is 12.5. The third-order valence-electron chi connectivity index (χ3n) is 3.29. The van der Waals surface area contributed by atoms with Crippen LogP contribution in [0.25, 0.3) is 0 Å². The number of rotatable bonds is 3. The van der Waals surface area contributed by atoms with Gasteiger partial charge >= 0.3 is 0 Å². The van der Waals surface area contributed by atoms with Crippen molar-refractivity contribution in [2.24, 2.45) is 5.73 Å². The molecule has 0 saturated carbocycles. The highest BCUT2D eigenvalue weighted by molar-refractivity contribution is 8.00. The van der Waals surface area contributed by atoms with Crippen molar-refractivity contribution in [1.29, 1.82) is 0 Å². The third-order valence-corrected chi connectivity index (χ3v) is 5.93. The number of carbonyl (C=O) groups excluding carboxylic acids is 1. The van der Waals surface area contributed by atoms with Crippen molar-refractivity contribution in [3.8, 4) is 0 Å². The van der Waals surface area contributed by atoms with Crippen LogP contribution in [0.5, 0.6) is 0 Å². The molecule has 0 aliphatic carbocycles. The Balaban J connectivity index is 2.22. The summed E-state index contributed by atoms with van der Waals surface area (Å²) < 4.78 is 23.6. The summed E-state index contributed by atoms with van der Waals surface area (Å²) in [6.45, 7) is 0.418. The quantitative estimate of drug-likeness (QED) is 0.885. The van der Waals surface area contributed by atoms with Crippen LogP contribution in [0.15, 0.2) is 30.3 Å². The molecule has 0 aromatic heterocycles. The fourth-order valence-electron chi connectivity index (χ4n) is 2.17. The molecule has 0 spiro atoms. The van der Waals surface area contributed by atoms with Crippen molar-refractivity contribution in [2.45, 2.75) is 11.4 Å². The summed E-state index contributed by atoms with van der Waals surface area (Å²) >= 11 is 1.54. The van der Waals surface area contributed by atoms with Crippen molar-refractivity contribution in [3.63, 3.8) is 0 Å². The van der Waals surface area contributed by atoms with Crippen molar-refractivity contribution in [2.75, 3.05) is 24.3 Å². The van der Waals surface area contributed by atoms with Gasteiger partial charge < -0.3 is 10.6 Å². The summed E-state index contributed by atoms with van der Waals surface area (Å²) in [5.74, 6) is 0.817. The molecule has 20 heavy (non-hydrogen) atoms. The number of nitrogens with zero attached hydrogens (tertiary/aromatic N) is 1. The van der Waals surface area contributed by atoms with E-state index in [-0.39, 0.29) is 5.91 Å². The molecular weight excluding hydrogens is 296 g/mol. The van der Waals surface area contributed by atoms with E-state index in [4.69, 9.17) is 5.73 Å². The molecule has 0 radical (unpaired) electrons. The largest absolute Gasteiger partial charge is 0.322 e. The molecule has 1 fully saturated rings. The Bertz CT molecular complexity index is 575. The van der Waals surface area contributed by atoms with Crippen molar-refractivity contribution >= 4 is 27.5 Å². The van der Waals surface area contributed by atoms with E-state index in [1.807, 2.05) is 18.2 Å². The first-order valence-corrected chi connectivity index (χ1v) is 9.40. The fourth-order valence-corrected chi connectivity index (χ4v) is 4.99. The van der Waals surface area contributed by atoms with Gasteiger partial charge in [0.05, 0.1) is 0 Å². The molecule has 0 bridgehead atoms. The van der Waals surface area contributed by atoms with E-state index >= 15 is 0 Å². The summed E-state index contributed by atoms with van der Waals surface area (Å²) in [7, 11) is -3.31. The lowest BCUT2D eigenvalue weighted by atomic mass is 10.1. The predicted molar refractivity (Wildman–Crippen MR) is 81.0 cm³/mol. The van der Waals surface area contributed by atoms with E-state index < -0.39 is 21.3 Å². The van der Waals surface area contributed by atoms with Crippen molar-refractivity contribution in [1.82, 2.24) is 4.90 Å². The SMILES string of the molecule is CS(=O)(=O)C1CSCCN1C(=O)C(N)c1ccccc1. The van der Waals surface area contributed by atoms with Crippen LogP contribution >= 0.6 is 11.8 Å². The molecule has 1 aliphatic heterocycles. The maximum absolute atomic E-state index is 12.5. The summed E-state index contributed by atoms with van der Waals surface area (Å²) in [4.78, 5) is 13.9. The molecule has 7 heteroatoms. The number of hydrogen-bond acceptors (Lipinski definition) is 5. The molecule has 2 atom stereocenters. The Kier molecular flexibility index (Phi) is 4.72. The Labute approximate surface area is 123 Å². The highest BCUT2D eigenvalue weighted by Crippen LogP contribution is 2.23. The van der Waals surface area contributed by atoms with Gasteiger partial charge in [0.25, 0.3) is 0 Å². The lowest BCUT2D eigenvalue weighted by Gasteiger charge is -2.35. The Morgan fingerprint density at radius 2 is 2.05 bits per heavy atom. The molecule has 2 unspecified atom stereocenters. The second-order valence-corrected chi connectivity index (χ2v) is 8.13. The summed E-state index contributed by atoms with van der Waals surface area (Å²) in [5.41, 5.74) is 6.68. The minimum Gasteiger partial charge on any atom is -0.322 e. The zero-order valence-corrected chi connectivity index (χ0v) is 12.9. The minimum absolute atomic E-state index is 0.327. The Morgan fingerprint density at radius 3 is 2.65 bits per heavy atom. The van der Waals surface area contributed by atoms with Crippen LogP contribution in [0.2, 0.25) is 0 Å². The van der Waals surface area contributed by atoms with Gasteiger partial charge in [-0.05, 0) is 5.56 Å². The van der Waals surface area contributed by atoms with E-state index in [1.165, 1.54) is 4.90 Å². The van der Waals surface area contributed by atoms with Crippen LogP contribution in [0.3, 0.4) is 0 Å². The molecule has 5 nitrogen and oxygen atoms in total. The number of thioether (sulfide) groups is 1. The average molecular weight is 314 g/mol. The number of carbonyl (C=O) groups is 1. The first-order valence-electron chi connectivity index (χ1n) is 6.29. The van der Waals surface area contributed by atoms with Crippen LogP contribution in [0.1, 0.15) is 11.6 Å². The summed E-state index contributed by atoms with van der Waals surface area (Å²) in [6, 6.07) is 8.19. The molecule has 1 heterocycles. The molecular formula is C13H18N2O3S2. The van der Waals surface area contributed by atoms with E-state index in [2.05, 4.69) is 0 Å². The number of sulfone groups is 1. The summed E-state index contributed by atoms with van der Waals surface area (Å²) in [6.07, 6.45) is 1.16. The van der Waals surface area contributed by atoms with Crippen LogP contribution in [0, 0.1) is 0 Å². The van der Waals surface area contributed by atoms with Crippen LogP contribution < -0.4 is 5.73 Å². The molecule has 110 valence electrons. The maximum Gasteiger partial charge on any atom is 0.245 e. The van der Waals surface area contributed by atoms with Crippen LogP contribution in [0.4, 0.5) is 0 Å². The van der Waals surface area contributed by atoms with Gasteiger partial charge in [-0.1, -0.05) is 30.3 Å². The highest BCUT2D eigenvalue weighted by Gasteiger charge is 2.36. The van der Waals surface area contributed by atoms with Gasteiger partial charge in [-0.15, -0.1) is 0 Å². The second-order valence-electron chi connectivity index (χ2n) is 4.78. The first-order chi connectivity index (χ1) is 9.41. The molecule has 1 aliphatic rings. The molecule has 2 N–H and O–H groups in total. The topological polar surface area (TPSA) is 80.5 Å². The number of benzene rings is 1. The molecule has 2 rings (SSSR count). The second kappa shape index (κ2) is 6.15. The van der Waals surface area contributed by atoms with E-state index in [0.717, 1.165) is 12.0 Å². The smallest absolute Gasteiger partial charge is 0.245 e. The molecule has 1 saturated heterocycles. The Hall–Kier alpha value is -1.05. The van der Waals surface area contributed by atoms with Gasteiger partial charge in [-0.2, -0.15) is 11.8 Å². The third kappa shape index (κ3) is 3.34. The standard InChI is InChI=1S/C13H18N2O3S2/c1-20(17,18)11-9-19-8-7-15(11)13(16)12(14)10-5-3-2-4-6-10/h2-6,11-12H,7-9,14H2,1H3. The van der Waals surface area contributed by atoms with E-state index in [9.17, 15) is 13.2 Å². The Morgan fingerprint density at radius 1 is 1.40 bits per heavy atom. The zero-order chi connectivity index (χ0) is 14.8. The van der Waals surface area contributed by atoms with Gasteiger partial charge in [0.1, 0.15) is 11.4 Å². The van der Waals surface area contributed by atoms with Crippen molar-refractivity contribution in [3.05, 3.63) is 35.9 Å². The van der Waals surface area contributed by atoms with Gasteiger partial charge in [-0.3, -0.25) is 4.79 Å². The van der Waals surface area contributed by atoms with Crippen LogP contribution in [-0.2, 0) is 14.6 Å². The monoisotopic (exact) mass is 314 g/mol. The molecule has 1 aromatic rings. The van der Waals surface area contributed by atoms with E-state index in [0.29, 0.717) is 17.9 Å². The lowest BCUT2D eigenvalue weighted by Crippen LogP contribution is -2.52. The minimum atomic E-state index is -3.31. The summed E-state index contributed by atoms with van der Waals surface area (Å²) in [5, 5.41) is -0.775. The highest BCUT2D eigenvalue weighted by atomic mass is 32.2. The fraction of sp³-hybridized carbons (Fsp3) is 0.462. The van der Waals surface area contributed by atoms with Gasteiger partial charge in [0.2, 0.25) is 5.91 Å². The molecule has 1 aromatic carbocycles. The average Bonchev–Trinajstić information content (AvgIpc) is 2.46. The zero-order valence-electron chi connectivity index (χ0n) is 11.2. The number of hydrogen-bond donors (Lipinski definition) is 1. The van der Waals surface area contributed by atoms with Gasteiger partial charge in [-0.25, -0.2) is 8.42 Å². The van der Waals surface area contributed by atoms with Crippen LogP contribution in [-0.4, -0.2) is 48.9 Å².